The van der Waals surface area contributed by atoms with Crippen LogP contribution in [-0.2, 0) is 28.8 Å². The highest BCUT2D eigenvalue weighted by Gasteiger charge is 2.44. The molecule has 0 amide bonds. The second-order valence-corrected chi connectivity index (χ2v) is 13.9. The fraction of sp³-hybridized carbons (Fsp3) is 0.658. The number of rotatable bonds is 16. The zero-order valence-corrected chi connectivity index (χ0v) is 28.1. The van der Waals surface area contributed by atoms with Crippen LogP contribution in [0.5, 0.6) is 0 Å². The Morgan fingerprint density at radius 1 is 1.00 bits per heavy atom. The van der Waals surface area contributed by atoms with Crippen molar-refractivity contribution in [1.29, 1.82) is 0 Å². The Morgan fingerprint density at radius 2 is 1.70 bits per heavy atom. The summed E-state index contributed by atoms with van der Waals surface area (Å²) in [6.45, 7) is 13.2. The standard InChI is InChI=1S/C38H56N2O4/c1-6-8-9-10-11-12-16-19-34(41)44-25-22-38(4,5)37(43)40-28(3)31(7-2)35-33(40)26-30-21-24-39(27-32(30)36(35)42)23-20-29-17-14-13-15-18-29/h13-15,17-18,30,32H,6-12,16,19-27H2,1-5H3/t30-,32+/m0/s1. The number of benzene rings is 1. The summed E-state index contributed by atoms with van der Waals surface area (Å²) < 4.78 is 7.43. The third kappa shape index (κ3) is 8.29. The number of aromatic nitrogens is 1. The number of piperidine rings is 1. The van der Waals surface area contributed by atoms with E-state index in [-0.39, 0.29) is 36.1 Å². The van der Waals surface area contributed by atoms with Gasteiger partial charge in [0.2, 0.25) is 5.91 Å². The lowest BCUT2D eigenvalue weighted by atomic mass is 9.72. The first-order valence-corrected chi connectivity index (χ1v) is 17.4. The van der Waals surface area contributed by atoms with Gasteiger partial charge >= 0.3 is 5.97 Å². The van der Waals surface area contributed by atoms with Crippen molar-refractivity contribution in [2.75, 3.05) is 26.2 Å². The molecule has 0 bridgehead atoms. The van der Waals surface area contributed by atoms with Gasteiger partial charge in [0.25, 0.3) is 0 Å². The van der Waals surface area contributed by atoms with E-state index in [1.807, 2.05) is 31.4 Å². The molecule has 1 aromatic carbocycles. The van der Waals surface area contributed by atoms with Gasteiger partial charge in [-0.2, -0.15) is 0 Å². The number of Topliss-reactive ketones (excluding diaryl/α,β-unsaturated/α-hetero) is 1. The van der Waals surface area contributed by atoms with E-state index < -0.39 is 5.41 Å². The van der Waals surface area contributed by atoms with Crippen molar-refractivity contribution in [3.63, 3.8) is 0 Å². The predicted molar refractivity (Wildman–Crippen MR) is 177 cm³/mol. The van der Waals surface area contributed by atoms with Crippen LogP contribution in [0.25, 0.3) is 0 Å². The molecule has 242 valence electrons. The summed E-state index contributed by atoms with van der Waals surface area (Å²) in [5.41, 5.74) is 4.26. The number of carbonyl (C=O) groups excluding carboxylic acids is 3. The van der Waals surface area contributed by atoms with Crippen molar-refractivity contribution in [2.24, 2.45) is 17.3 Å². The molecule has 1 fully saturated rings. The van der Waals surface area contributed by atoms with E-state index in [4.69, 9.17) is 4.74 Å². The molecular weight excluding hydrogens is 548 g/mol. The number of unbranched alkanes of at least 4 members (excludes halogenated alkanes) is 6. The molecule has 2 heterocycles. The Labute approximate surface area is 265 Å². The maximum absolute atomic E-state index is 14.1. The van der Waals surface area contributed by atoms with Crippen LogP contribution in [0.15, 0.2) is 30.3 Å². The Kier molecular flexibility index (Phi) is 12.4. The molecule has 0 N–H and O–H groups in total. The highest BCUT2D eigenvalue weighted by atomic mass is 16.5. The van der Waals surface area contributed by atoms with Crippen molar-refractivity contribution in [3.8, 4) is 0 Å². The normalized spacial score (nSPS) is 18.6. The number of carbonyl (C=O) groups is 3. The minimum absolute atomic E-state index is 0.000579. The molecule has 0 radical (unpaired) electrons. The molecule has 0 spiro atoms. The molecule has 0 unspecified atom stereocenters. The molecule has 6 heteroatoms. The van der Waals surface area contributed by atoms with E-state index in [9.17, 15) is 14.4 Å². The first-order chi connectivity index (χ1) is 21.2. The Morgan fingerprint density at radius 3 is 2.41 bits per heavy atom. The van der Waals surface area contributed by atoms with E-state index >= 15 is 0 Å². The van der Waals surface area contributed by atoms with E-state index in [1.54, 1.807) is 0 Å². The van der Waals surface area contributed by atoms with Gasteiger partial charge < -0.3 is 9.64 Å². The zero-order valence-electron chi connectivity index (χ0n) is 28.1. The van der Waals surface area contributed by atoms with Gasteiger partial charge in [-0.05, 0) is 69.0 Å². The topological polar surface area (TPSA) is 68.6 Å². The molecular formula is C38H56N2O4. The van der Waals surface area contributed by atoms with Crippen LogP contribution in [0.1, 0.15) is 130 Å². The number of ether oxygens (including phenoxy) is 1. The van der Waals surface area contributed by atoms with Crippen LogP contribution in [0.2, 0.25) is 0 Å². The number of esters is 1. The van der Waals surface area contributed by atoms with Gasteiger partial charge in [-0.3, -0.25) is 19.0 Å². The van der Waals surface area contributed by atoms with E-state index in [0.29, 0.717) is 12.8 Å². The van der Waals surface area contributed by atoms with Gasteiger partial charge in [-0.1, -0.05) is 96.6 Å². The average molecular weight is 605 g/mol. The van der Waals surface area contributed by atoms with Gasteiger partial charge in [-0.15, -0.1) is 0 Å². The molecule has 4 rings (SSSR count). The molecule has 2 aromatic rings. The van der Waals surface area contributed by atoms with Gasteiger partial charge in [0, 0.05) is 47.8 Å². The number of hydrogen-bond acceptors (Lipinski definition) is 5. The Bertz CT molecular complexity index is 1260. The summed E-state index contributed by atoms with van der Waals surface area (Å²) in [5.74, 6) is 0.317. The lowest BCUT2D eigenvalue weighted by Crippen LogP contribution is -2.48. The van der Waals surface area contributed by atoms with Crippen molar-refractivity contribution in [3.05, 3.63) is 58.4 Å². The average Bonchev–Trinajstić information content (AvgIpc) is 3.30. The lowest BCUT2D eigenvalue weighted by molar-refractivity contribution is -0.144. The summed E-state index contributed by atoms with van der Waals surface area (Å²) in [7, 11) is 0. The molecule has 1 saturated heterocycles. The van der Waals surface area contributed by atoms with E-state index in [2.05, 4.69) is 43.0 Å². The smallest absolute Gasteiger partial charge is 0.305 e. The summed E-state index contributed by atoms with van der Waals surface area (Å²) in [4.78, 5) is 43.0. The number of likely N-dealkylation sites (tertiary alicyclic amines) is 1. The monoisotopic (exact) mass is 604 g/mol. The molecule has 2 aliphatic rings. The molecule has 44 heavy (non-hydrogen) atoms. The molecule has 1 aliphatic heterocycles. The number of hydrogen-bond donors (Lipinski definition) is 0. The predicted octanol–water partition coefficient (Wildman–Crippen LogP) is 8.02. The minimum Gasteiger partial charge on any atom is -0.466 e. The Hall–Kier alpha value is -2.73. The van der Waals surface area contributed by atoms with Crippen LogP contribution in [0.4, 0.5) is 0 Å². The highest BCUT2D eigenvalue weighted by Crippen LogP contribution is 2.41. The number of ketones is 1. The van der Waals surface area contributed by atoms with Crippen LogP contribution in [-0.4, -0.2) is 53.4 Å². The third-order valence-corrected chi connectivity index (χ3v) is 10.2. The number of fused-ring (bicyclic) bond motifs is 2. The van der Waals surface area contributed by atoms with Gasteiger partial charge in [0.1, 0.15) is 0 Å². The van der Waals surface area contributed by atoms with Crippen molar-refractivity contribution in [2.45, 2.75) is 118 Å². The number of nitrogens with zero attached hydrogens (tertiary/aromatic N) is 2. The van der Waals surface area contributed by atoms with Gasteiger partial charge in [0.15, 0.2) is 5.78 Å². The quantitative estimate of drug-likeness (QED) is 0.143. The van der Waals surface area contributed by atoms with Gasteiger partial charge in [-0.25, -0.2) is 0 Å². The highest BCUT2D eigenvalue weighted by molar-refractivity contribution is 6.04. The van der Waals surface area contributed by atoms with Crippen molar-refractivity contribution in [1.82, 2.24) is 9.47 Å². The zero-order chi connectivity index (χ0) is 31.7. The maximum atomic E-state index is 14.1. The summed E-state index contributed by atoms with van der Waals surface area (Å²) in [6, 6.07) is 10.6. The van der Waals surface area contributed by atoms with E-state index in [0.717, 1.165) is 80.7 Å². The maximum Gasteiger partial charge on any atom is 0.305 e. The Balaban J connectivity index is 1.36. The largest absolute Gasteiger partial charge is 0.466 e. The van der Waals surface area contributed by atoms with Crippen LogP contribution >= 0.6 is 0 Å². The summed E-state index contributed by atoms with van der Waals surface area (Å²) in [6.07, 6.45) is 12.5. The van der Waals surface area contributed by atoms with Gasteiger partial charge in [0.05, 0.1) is 6.61 Å². The molecule has 6 nitrogen and oxygen atoms in total. The first-order valence-electron chi connectivity index (χ1n) is 17.4. The molecule has 2 atom stereocenters. The SMILES string of the molecule is CCCCCCCCCC(=O)OCCC(C)(C)C(=O)n1c(C)c(CC)c2c1C[C@@H]1CCN(CCc3ccccc3)C[C@H]1C2=O. The summed E-state index contributed by atoms with van der Waals surface area (Å²) >= 11 is 0. The first kappa shape index (κ1) is 34.1. The van der Waals surface area contributed by atoms with Crippen LogP contribution in [0, 0.1) is 24.2 Å². The second-order valence-electron chi connectivity index (χ2n) is 13.9. The third-order valence-electron chi connectivity index (χ3n) is 10.2. The fourth-order valence-electron chi connectivity index (χ4n) is 7.30. The van der Waals surface area contributed by atoms with E-state index in [1.165, 1.54) is 37.7 Å². The lowest BCUT2D eigenvalue weighted by Gasteiger charge is -2.41. The van der Waals surface area contributed by atoms with Crippen molar-refractivity contribution >= 4 is 17.7 Å². The summed E-state index contributed by atoms with van der Waals surface area (Å²) in [5, 5.41) is 0. The molecule has 1 aromatic heterocycles. The fourth-order valence-corrected chi connectivity index (χ4v) is 7.30. The minimum atomic E-state index is -0.719. The van der Waals surface area contributed by atoms with Crippen LogP contribution < -0.4 is 0 Å². The van der Waals surface area contributed by atoms with Crippen molar-refractivity contribution < 1.29 is 19.1 Å². The van der Waals surface area contributed by atoms with Crippen LogP contribution in [0.3, 0.4) is 0 Å². The molecule has 1 aliphatic carbocycles. The molecule has 0 saturated carbocycles. The second kappa shape index (κ2) is 16.0.